The Morgan fingerprint density at radius 1 is 0.985 bits per heavy atom. The van der Waals surface area contributed by atoms with Gasteiger partial charge in [-0.3, -0.25) is 19.8 Å². The molecule has 5 aromatic rings. The first kappa shape index (κ1) is 44.7. The molecule has 4 aliphatic rings. The van der Waals surface area contributed by atoms with Gasteiger partial charge in [0.15, 0.2) is 0 Å². The number of pyridine rings is 1. The number of rotatable bonds is 13. The third kappa shape index (κ3) is 10.2. The Morgan fingerprint density at radius 3 is 2.49 bits per heavy atom. The van der Waals surface area contributed by atoms with Crippen molar-refractivity contribution in [1.29, 1.82) is 0 Å². The molecular weight excluding hydrogens is 866 g/mol. The van der Waals surface area contributed by atoms with Gasteiger partial charge in [0.25, 0.3) is 21.6 Å². The molecule has 17 heteroatoms. The summed E-state index contributed by atoms with van der Waals surface area (Å²) in [4.78, 5) is 42.4. The first-order valence-electron chi connectivity index (χ1n) is 22.4. The number of nitro groups is 1. The van der Waals surface area contributed by atoms with Crippen LogP contribution in [-0.2, 0) is 16.4 Å². The van der Waals surface area contributed by atoms with E-state index in [1.807, 2.05) is 18.2 Å². The Kier molecular flexibility index (Phi) is 12.6. The van der Waals surface area contributed by atoms with E-state index < -0.39 is 20.9 Å². The van der Waals surface area contributed by atoms with Crippen LogP contribution in [0.5, 0.6) is 11.5 Å². The molecule has 15 nitrogen and oxygen atoms in total. The maximum absolute atomic E-state index is 14.1. The summed E-state index contributed by atoms with van der Waals surface area (Å²) in [5, 5.41) is 17.1. The van der Waals surface area contributed by atoms with E-state index in [-0.39, 0.29) is 33.4 Å². The summed E-state index contributed by atoms with van der Waals surface area (Å²) < 4.78 is 36.5. The van der Waals surface area contributed by atoms with Gasteiger partial charge in [0.1, 0.15) is 22.8 Å². The largest absolute Gasteiger partial charge is 0.455 e. The lowest BCUT2D eigenvalue weighted by Gasteiger charge is -2.39. The van der Waals surface area contributed by atoms with Crippen molar-refractivity contribution in [1.82, 2.24) is 29.4 Å². The van der Waals surface area contributed by atoms with Crippen molar-refractivity contribution in [2.24, 2.45) is 5.41 Å². The van der Waals surface area contributed by atoms with Crippen LogP contribution in [0.15, 0.2) is 89.6 Å². The molecule has 3 aromatic carbocycles. The number of aromatic amines is 1. The zero-order valence-corrected chi connectivity index (χ0v) is 38.7. The number of nitro benzene ring substituents is 1. The van der Waals surface area contributed by atoms with Crippen LogP contribution in [0.2, 0.25) is 5.02 Å². The van der Waals surface area contributed by atoms with Crippen molar-refractivity contribution in [3.8, 4) is 11.5 Å². The second-order valence-corrected chi connectivity index (χ2v) is 20.8. The number of sulfonamides is 1. The number of anilines is 2. The smallest absolute Gasteiger partial charge is 0.293 e. The van der Waals surface area contributed by atoms with Crippen LogP contribution >= 0.6 is 11.6 Å². The number of likely N-dealkylation sites (N-methyl/N-ethyl adjacent to an activating group) is 1. The molecule has 342 valence electrons. The van der Waals surface area contributed by atoms with Crippen LogP contribution in [0.3, 0.4) is 0 Å². The minimum absolute atomic E-state index is 0.0201. The number of fused-ring (bicyclic) bond motifs is 2. The molecule has 0 bridgehead atoms. The number of halogens is 1. The summed E-state index contributed by atoms with van der Waals surface area (Å²) in [6, 6.07) is 19.3. The van der Waals surface area contributed by atoms with E-state index in [4.69, 9.17) is 16.3 Å². The van der Waals surface area contributed by atoms with Crippen molar-refractivity contribution in [3.63, 3.8) is 0 Å². The topological polar surface area (TPSA) is 169 Å². The van der Waals surface area contributed by atoms with Gasteiger partial charge in [0.05, 0.1) is 21.6 Å². The fraction of sp³-hybridized carbons (Fsp3) is 0.417. The Bertz CT molecular complexity index is 2740. The predicted molar refractivity (Wildman–Crippen MR) is 255 cm³/mol. The van der Waals surface area contributed by atoms with Crippen molar-refractivity contribution < 1.29 is 22.9 Å². The molecular formula is C48H56ClN9O6S. The number of nitrogens with zero attached hydrogens (tertiary/aromatic N) is 6. The monoisotopic (exact) mass is 921 g/mol. The maximum atomic E-state index is 14.1. The van der Waals surface area contributed by atoms with E-state index in [0.717, 1.165) is 113 Å². The Labute approximate surface area is 385 Å². The Balaban J connectivity index is 0.925. The third-order valence-corrected chi connectivity index (χ3v) is 15.0. The van der Waals surface area contributed by atoms with Crippen LogP contribution in [0.25, 0.3) is 16.6 Å². The second-order valence-electron chi connectivity index (χ2n) is 18.7. The summed E-state index contributed by atoms with van der Waals surface area (Å²) >= 11 is 6.25. The number of ether oxygens (including phenoxy) is 1. The number of aromatic nitrogens is 2. The molecule has 2 saturated heterocycles. The van der Waals surface area contributed by atoms with Crippen molar-refractivity contribution in [2.75, 3.05) is 82.7 Å². The number of carbonyl (C=O) groups excluding carboxylic acids is 1. The summed E-state index contributed by atoms with van der Waals surface area (Å²) in [7, 11) is -2.47. The molecule has 3 aliphatic heterocycles. The molecule has 1 aliphatic carbocycles. The van der Waals surface area contributed by atoms with Crippen molar-refractivity contribution in [3.05, 3.63) is 117 Å². The van der Waals surface area contributed by atoms with Gasteiger partial charge in [-0.2, -0.15) is 0 Å². The summed E-state index contributed by atoms with van der Waals surface area (Å²) in [6.07, 6.45) is 7.68. The lowest BCUT2D eigenvalue weighted by molar-refractivity contribution is -0.384. The lowest BCUT2D eigenvalue weighted by atomic mass is 9.72. The maximum Gasteiger partial charge on any atom is 0.293 e. The third-order valence-electron chi connectivity index (χ3n) is 13.5. The van der Waals surface area contributed by atoms with E-state index in [1.54, 1.807) is 30.5 Å². The molecule has 3 N–H and O–H groups in total. The van der Waals surface area contributed by atoms with Gasteiger partial charge in [-0.25, -0.2) is 18.1 Å². The van der Waals surface area contributed by atoms with Crippen LogP contribution in [0.1, 0.15) is 61.0 Å². The number of carbonyl (C=O) groups is 1. The summed E-state index contributed by atoms with van der Waals surface area (Å²) in [5.41, 5.74) is 6.31. The molecule has 1 atom stereocenters. The zero-order valence-electron chi connectivity index (χ0n) is 37.1. The Hall–Kier alpha value is -5.52. The van der Waals surface area contributed by atoms with Crippen molar-refractivity contribution >= 4 is 61.2 Å². The lowest BCUT2D eigenvalue weighted by Crippen LogP contribution is -2.47. The highest BCUT2D eigenvalue weighted by atomic mass is 35.5. The standard InChI is InChI=1S/C48H56ClN9O6S/c1-48(2)13-10-34(42(29-48)32-4-6-36(49)7-5-32)31-56-20-22-57(23-21-56)38-8-9-41(44(27-38)64-39-25-33-11-14-50-46(33)51-30-39)47(59)53-65(62,63)40-26-35-24-37(52-45(35)43(28-40)58(60)61)12-15-55-18-16-54(3)17-19-55/h4-9,11,14,25-28,30,37,52H,10,12-13,15-24,29,31H2,1-3H3,(H,50,51)(H,53,59). The number of nitrogens with one attached hydrogen (secondary N) is 3. The Morgan fingerprint density at radius 2 is 1.74 bits per heavy atom. The van der Waals surface area contributed by atoms with Gasteiger partial charge in [-0.15, -0.1) is 0 Å². The fourth-order valence-electron chi connectivity index (χ4n) is 9.60. The number of hydrogen-bond acceptors (Lipinski definition) is 12. The summed E-state index contributed by atoms with van der Waals surface area (Å²) in [5.74, 6) is -0.427. The summed E-state index contributed by atoms with van der Waals surface area (Å²) in [6.45, 7) is 13.4. The normalized spacial score (nSPS) is 19.6. The average molecular weight is 923 g/mol. The van der Waals surface area contributed by atoms with E-state index in [0.29, 0.717) is 29.1 Å². The highest BCUT2D eigenvalue weighted by Gasteiger charge is 2.34. The molecule has 2 fully saturated rings. The fourth-order valence-corrected chi connectivity index (χ4v) is 10.8. The number of amides is 1. The highest BCUT2D eigenvalue weighted by Crippen LogP contribution is 2.44. The van der Waals surface area contributed by atoms with Gasteiger partial charge in [0.2, 0.25) is 0 Å². The average Bonchev–Trinajstić information content (AvgIpc) is 3.93. The molecule has 0 spiro atoms. The minimum Gasteiger partial charge on any atom is -0.455 e. The molecule has 9 rings (SSSR count). The predicted octanol–water partition coefficient (Wildman–Crippen LogP) is 7.80. The SMILES string of the molecule is CN1CCN(CCC2Cc3cc(S(=O)(=O)NC(=O)c4ccc(N5CCN(CC6=C(c7ccc(Cl)cc7)CC(C)(C)CC6)CC5)cc4Oc4cnc5[nH]ccc5c4)cc([N+](=O)[O-])c3N2)CC1. The molecule has 0 saturated carbocycles. The van der Waals surface area contributed by atoms with Gasteiger partial charge < -0.3 is 29.7 Å². The van der Waals surface area contributed by atoms with Crippen LogP contribution in [0, 0.1) is 15.5 Å². The van der Waals surface area contributed by atoms with Gasteiger partial charge in [0, 0.05) is 106 Å². The molecule has 2 aromatic heterocycles. The van der Waals surface area contributed by atoms with Crippen LogP contribution in [0.4, 0.5) is 17.1 Å². The van der Waals surface area contributed by atoms with Gasteiger partial charge >= 0.3 is 0 Å². The zero-order chi connectivity index (χ0) is 45.5. The molecule has 1 unspecified atom stereocenters. The molecule has 65 heavy (non-hydrogen) atoms. The van der Waals surface area contributed by atoms with Gasteiger partial charge in [-0.1, -0.05) is 43.2 Å². The van der Waals surface area contributed by atoms with Gasteiger partial charge in [-0.05, 0) is 104 Å². The van der Waals surface area contributed by atoms with E-state index in [2.05, 4.69) is 72.6 Å². The minimum atomic E-state index is -4.57. The number of allylic oxidation sites excluding steroid dienone is 1. The molecule has 0 radical (unpaired) electrons. The van der Waals surface area contributed by atoms with E-state index in [1.165, 1.54) is 29.0 Å². The number of benzene rings is 3. The first-order chi connectivity index (χ1) is 31.2. The second kappa shape index (κ2) is 18.4. The molecule has 1 amide bonds. The quantitative estimate of drug-likeness (QED) is 0.0776. The molecule has 5 heterocycles. The number of H-pyrrole nitrogens is 1. The van der Waals surface area contributed by atoms with Crippen LogP contribution < -0.4 is 19.7 Å². The van der Waals surface area contributed by atoms with Crippen molar-refractivity contribution in [2.45, 2.75) is 56.9 Å². The number of piperazine rings is 2. The van der Waals surface area contributed by atoms with E-state index >= 15 is 0 Å². The van der Waals surface area contributed by atoms with Crippen LogP contribution in [-0.4, -0.2) is 122 Å². The van der Waals surface area contributed by atoms with E-state index in [9.17, 15) is 23.3 Å². The highest BCUT2D eigenvalue weighted by molar-refractivity contribution is 7.90. The number of hydrogen-bond donors (Lipinski definition) is 3. The first-order valence-corrected chi connectivity index (χ1v) is 24.3.